The Morgan fingerprint density at radius 3 is 2.29 bits per heavy atom. The molecule has 0 amide bonds. The Labute approximate surface area is 169 Å². The summed E-state index contributed by atoms with van der Waals surface area (Å²) in [5.41, 5.74) is 2.83. The predicted octanol–water partition coefficient (Wildman–Crippen LogP) is 4.32. The number of rotatable bonds is 3. The largest absolute Gasteiger partial charge is 0.431 e. The van der Waals surface area contributed by atoms with Gasteiger partial charge in [-0.15, -0.1) is 0 Å². The van der Waals surface area contributed by atoms with Gasteiger partial charge in [0.1, 0.15) is 5.30 Å². The molecule has 0 spiro atoms. The van der Waals surface area contributed by atoms with Crippen LogP contribution in [0.1, 0.15) is 24.1 Å². The topological polar surface area (TPSA) is 42.7 Å². The zero-order chi connectivity index (χ0) is 19.1. The molecule has 3 heterocycles. The average molecular weight is 408 g/mol. The summed E-state index contributed by atoms with van der Waals surface area (Å²) >= 11 is 6.28. The molecule has 0 bridgehead atoms. The van der Waals surface area contributed by atoms with Gasteiger partial charge in [-0.05, 0) is 55.8 Å². The van der Waals surface area contributed by atoms with Crippen molar-refractivity contribution in [3.8, 4) is 5.69 Å². The molecule has 0 N–H and O–H groups in total. The summed E-state index contributed by atoms with van der Waals surface area (Å²) in [7, 11) is 0. The van der Waals surface area contributed by atoms with Crippen LogP contribution in [0.25, 0.3) is 5.69 Å². The van der Waals surface area contributed by atoms with E-state index in [2.05, 4.69) is 4.67 Å². The maximum atomic E-state index is 6.55. The van der Waals surface area contributed by atoms with Crippen molar-refractivity contribution in [2.24, 2.45) is 4.99 Å². The molecular weight excluding hydrogens is 387 g/mol. The van der Waals surface area contributed by atoms with Crippen LogP contribution in [0.2, 0.25) is 0 Å². The third kappa shape index (κ3) is 2.84. The molecule has 28 heavy (non-hydrogen) atoms. The maximum absolute atomic E-state index is 6.55. The van der Waals surface area contributed by atoms with E-state index in [1.54, 1.807) is 0 Å². The summed E-state index contributed by atoms with van der Waals surface area (Å²) in [6.45, 7) is 3.95. The van der Waals surface area contributed by atoms with E-state index in [0.717, 1.165) is 54.0 Å². The monoisotopic (exact) mass is 408 g/mol. The van der Waals surface area contributed by atoms with Crippen LogP contribution in [0, 0.1) is 6.92 Å². The van der Waals surface area contributed by atoms with E-state index in [-0.39, 0.29) is 0 Å². The third-order valence-electron chi connectivity index (χ3n) is 5.18. The second kappa shape index (κ2) is 6.96. The van der Waals surface area contributed by atoms with E-state index >= 15 is 0 Å². The average Bonchev–Trinajstić information content (AvgIpc) is 3.39. The Hall–Kier alpha value is -2.27. The van der Waals surface area contributed by atoms with Gasteiger partial charge in [0.05, 0.1) is 11.4 Å². The molecule has 2 aliphatic heterocycles. The zero-order valence-corrected chi connectivity index (χ0v) is 17.4. The van der Waals surface area contributed by atoms with Gasteiger partial charge in [-0.1, -0.05) is 36.4 Å². The number of fused-ring (bicyclic) bond motifs is 1. The van der Waals surface area contributed by atoms with Crippen LogP contribution >= 0.6 is 6.42 Å². The van der Waals surface area contributed by atoms with Crippen LogP contribution in [-0.2, 0) is 16.3 Å². The normalized spacial score (nSPS) is 21.8. The van der Waals surface area contributed by atoms with Gasteiger partial charge in [0.15, 0.2) is 5.82 Å². The molecule has 1 atom stereocenters. The minimum absolute atomic E-state index is 0.598. The van der Waals surface area contributed by atoms with Crippen molar-refractivity contribution < 1.29 is 4.52 Å². The fourth-order valence-electron chi connectivity index (χ4n) is 3.83. The van der Waals surface area contributed by atoms with E-state index in [4.69, 9.17) is 26.4 Å². The van der Waals surface area contributed by atoms with E-state index in [1.807, 2.05) is 72.3 Å². The Morgan fingerprint density at radius 1 is 0.964 bits per heavy atom. The first-order chi connectivity index (χ1) is 13.7. The van der Waals surface area contributed by atoms with Crippen LogP contribution in [0.5, 0.6) is 0 Å². The molecule has 2 aliphatic rings. The zero-order valence-electron chi connectivity index (χ0n) is 15.7. The Morgan fingerprint density at radius 2 is 1.61 bits per heavy atom. The number of para-hydroxylation sites is 1. The van der Waals surface area contributed by atoms with Gasteiger partial charge >= 0.3 is 0 Å². The van der Waals surface area contributed by atoms with E-state index in [9.17, 15) is 0 Å². The summed E-state index contributed by atoms with van der Waals surface area (Å²) in [4.78, 5) is 4.91. The van der Waals surface area contributed by atoms with Crippen molar-refractivity contribution in [2.75, 3.05) is 13.1 Å². The first-order valence-corrected chi connectivity index (χ1v) is 12.2. The highest BCUT2D eigenvalue weighted by Gasteiger charge is 2.42. The summed E-state index contributed by atoms with van der Waals surface area (Å²) in [6, 6.07) is 20.1. The van der Waals surface area contributed by atoms with Crippen molar-refractivity contribution in [3.63, 3.8) is 0 Å². The van der Waals surface area contributed by atoms with Gasteiger partial charge in [0.25, 0.3) is 0 Å². The SMILES string of the molecule is Cc1nn(-c2ccccc2)c2c1[P@](=S)(N1CCCC1)OC(c1ccccc1)=N2. The number of hydrogen-bond donors (Lipinski definition) is 0. The van der Waals surface area contributed by atoms with E-state index in [1.165, 1.54) is 0 Å². The maximum Gasteiger partial charge on any atom is 0.227 e. The van der Waals surface area contributed by atoms with Crippen molar-refractivity contribution in [1.82, 2.24) is 14.5 Å². The van der Waals surface area contributed by atoms with Gasteiger partial charge in [0.2, 0.25) is 12.3 Å². The summed E-state index contributed by atoms with van der Waals surface area (Å²) < 4.78 is 10.8. The summed E-state index contributed by atoms with van der Waals surface area (Å²) in [5, 5.41) is 5.81. The first kappa shape index (κ1) is 17.8. The van der Waals surface area contributed by atoms with Gasteiger partial charge in [-0.2, -0.15) is 10.1 Å². The fraction of sp³-hybridized carbons (Fsp3) is 0.238. The molecule has 0 aliphatic carbocycles. The quantitative estimate of drug-likeness (QED) is 0.606. The van der Waals surface area contributed by atoms with Crippen LogP contribution < -0.4 is 5.30 Å². The molecule has 1 aromatic heterocycles. The molecule has 2 aromatic carbocycles. The third-order valence-corrected chi connectivity index (χ3v) is 9.30. The Kier molecular flexibility index (Phi) is 4.43. The minimum Gasteiger partial charge on any atom is -0.431 e. The van der Waals surface area contributed by atoms with Crippen LogP contribution in [0.15, 0.2) is 65.7 Å². The lowest BCUT2D eigenvalue weighted by molar-refractivity contribution is 0.482. The number of hydrogen-bond acceptors (Lipinski definition) is 4. The second-order valence-electron chi connectivity index (χ2n) is 7.06. The molecule has 1 fully saturated rings. The first-order valence-electron chi connectivity index (χ1n) is 9.51. The standard InChI is InChI=1S/C21H21N4OPS/c1-16-19-20(25(23-16)18-12-6-3-7-13-18)22-21(17-10-4-2-5-11-17)26-27(19,28)24-14-8-9-15-24/h2-7,10-13H,8-9,14-15H2,1H3/t27-/m0/s1. The number of aliphatic imine (C=N–C) groups is 1. The minimum atomic E-state index is -2.46. The van der Waals surface area contributed by atoms with Crippen LogP contribution in [0.3, 0.4) is 0 Å². The van der Waals surface area contributed by atoms with Gasteiger partial charge in [-0.25, -0.2) is 9.35 Å². The highest BCUT2D eigenvalue weighted by atomic mass is 32.4. The number of benzene rings is 2. The second-order valence-corrected chi connectivity index (χ2v) is 10.8. The van der Waals surface area contributed by atoms with Gasteiger partial charge in [0, 0.05) is 18.7 Å². The lowest BCUT2D eigenvalue weighted by atomic mass is 10.2. The molecule has 142 valence electrons. The molecule has 3 aromatic rings. The molecule has 1 saturated heterocycles. The molecule has 7 heteroatoms. The molecule has 5 rings (SSSR count). The molecular formula is C21H21N4OPS. The van der Waals surface area contributed by atoms with E-state index < -0.39 is 6.42 Å². The van der Waals surface area contributed by atoms with Crippen molar-refractivity contribution in [1.29, 1.82) is 0 Å². The summed E-state index contributed by atoms with van der Waals surface area (Å²) in [6.07, 6.45) is -0.150. The number of nitrogens with zero attached hydrogens (tertiary/aromatic N) is 4. The van der Waals surface area contributed by atoms with Gasteiger partial charge in [-0.3, -0.25) is 0 Å². The van der Waals surface area contributed by atoms with Crippen LogP contribution in [0.4, 0.5) is 5.82 Å². The smallest absolute Gasteiger partial charge is 0.227 e. The highest BCUT2D eigenvalue weighted by Crippen LogP contribution is 2.57. The molecule has 0 radical (unpaired) electrons. The summed E-state index contributed by atoms with van der Waals surface area (Å²) in [5.74, 6) is 1.41. The van der Waals surface area contributed by atoms with Crippen molar-refractivity contribution in [3.05, 3.63) is 71.9 Å². The lowest BCUT2D eigenvalue weighted by Crippen LogP contribution is -2.30. The number of aromatic nitrogens is 2. The fourth-order valence-corrected chi connectivity index (χ4v) is 7.70. The van der Waals surface area contributed by atoms with Crippen molar-refractivity contribution in [2.45, 2.75) is 19.8 Å². The molecule has 5 nitrogen and oxygen atoms in total. The predicted molar refractivity (Wildman–Crippen MR) is 117 cm³/mol. The Balaban J connectivity index is 1.75. The molecule has 0 unspecified atom stereocenters. The van der Waals surface area contributed by atoms with E-state index in [0.29, 0.717) is 5.90 Å². The molecule has 0 saturated carbocycles. The lowest BCUT2D eigenvalue weighted by Gasteiger charge is -2.34. The van der Waals surface area contributed by atoms with Gasteiger partial charge < -0.3 is 4.52 Å². The van der Waals surface area contributed by atoms with Crippen LogP contribution in [-0.4, -0.2) is 33.4 Å². The number of aryl methyl sites for hydroxylation is 1. The highest BCUT2D eigenvalue weighted by molar-refractivity contribution is 8.15. The Bertz CT molecular complexity index is 1090. The van der Waals surface area contributed by atoms with Crippen molar-refractivity contribution >= 4 is 35.2 Å².